The molecule has 3 unspecified atom stereocenters. The second-order valence-electron chi connectivity index (χ2n) is 8.53. The standard InChI is InChI=1S/C21H33IN2O4/c1-20(2,3)28-19(26)23-12-10-17(25)15-7-6-8-16(13-15)24-14-21(27)11-5-4-9-18(21)22/h6-8,13,17-18,24-25,27H,4-5,9-12,14H2,1-3H3,(H,23,26). The van der Waals surface area contributed by atoms with Crippen molar-refractivity contribution in [3.8, 4) is 0 Å². The molecule has 1 aromatic carbocycles. The van der Waals surface area contributed by atoms with Gasteiger partial charge in [-0.05, 0) is 57.7 Å². The van der Waals surface area contributed by atoms with Crippen LogP contribution in [0.5, 0.6) is 0 Å². The van der Waals surface area contributed by atoms with E-state index in [0.29, 0.717) is 19.5 Å². The molecule has 4 N–H and O–H groups in total. The highest BCUT2D eigenvalue weighted by molar-refractivity contribution is 14.1. The molecule has 1 saturated carbocycles. The van der Waals surface area contributed by atoms with Crippen LogP contribution in [0.2, 0.25) is 0 Å². The Bertz CT molecular complexity index is 650. The molecule has 1 aromatic rings. The summed E-state index contributed by atoms with van der Waals surface area (Å²) < 4.78 is 5.44. The average Bonchev–Trinajstić information content (AvgIpc) is 2.61. The van der Waals surface area contributed by atoms with Gasteiger partial charge in [0.15, 0.2) is 0 Å². The lowest BCUT2D eigenvalue weighted by molar-refractivity contribution is 0.0281. The van der Waals surface area contributed by atoms with Crippen molar-refractivity contribution in [2.24, 2.45) is 0 Å². The molecule has 1 fully saturated rings. The van der Waals surface area contributed by atoms with Crippen molar-refractivity contribution in [2.45, 2.75) is 74.1 Å². The molecule has 0 bridgehead atoms. The number of anilines is 1. The van der Waals surface area contributed by atoms with Crippen LogP contribution in [0.3, 0.4) is 0 Å². The van der Waals surface area contributed by atoms with Crippen molar-refractivity contribution in [1.82, 2.24) is 5.32 Å². The third-order valence-corrected chi connectivity index (χ3v) is 6.64. The molecule has 2 rings (SSSR count). The summed E-state index contributed by atoms with van der Waals surface area (Å²) in [6.07, 6.45) is 3.31. The Labute approximate surface area is 181 Å². The van der Waals surface area contributed by atoms with Crippen LogP contribution in [0.25, 0.3) is 0 Å². The number of ether oxygens (including phenoxy) is 1. The van der Waals surface area contributed by atoms with Gasteiger partial charge in [0, 0.05) is 22.7 Å². The van der Waals surface area contributed by atoms with Crippen LogP contribution in [0.15, 0.2) is 24.3 Å². The molecule has 0 saturated heterocycles. The monoisotopic (exact) mass is 504 g/mol. The maximum absolute atomic E-state index is 11.7. The number of amides is 1. The molecule has 7 heteroatoms. The fourth-order valence-corrected chi connectivity index (χ4v) is 4.25. The molecule has 1 aliphatic carbocycles. The fourth-order valence-electron chi connectivity index (χ4n) is 3.28. The van der Waals surface area contributed by atoms with Crippen molar-refractivity contribution in [1.29, 1.82) is 0 Å². The molecular weight excluding hydrogens is 471 g/mol. The van der Waals surface area contributed by atoms with Crippen molar-refractivity contribution in [3.05, 3.63) is 29.8 Å². The predicted octanol–water partition coefficient (Wildman–Crippen LogP) is 4.16. The van der Waals surface area contributed by atoms with Gasteiger partial charge in [0.25, 0.3) is 0 Å². The van der Waals surface area contributed by atoms with E-state index in [4.69, 9.17) is 4.74 Å². The van der Waals surface area contributed by atoms with E-state index in [0.717, 1.165) is 30.5 Å². The quantitative estimate of drug-likeness (QED) is 0.331. The second-order valence-corrected chi connectivity index (χ2v) is 10.0. The normalized spacial score (nSPS) is 23.7. The number of halogens is 1. The summed E-state index contributed by atoms with van der Waals surface area (Å²) in [5.41, 5.74) is 0.421. The van der Waals surface area contributed by atoms with E-state index < -0.39 is 23.4 Å². The number of nitrogens with one attached hydrogen (secondary N) is 2. The lowest BCUT2D eigenvalue weighted by atomic mass is 9.84. The minimum atomic E-state index is -0.690. The summed E-state index contributed by atoms with van der Waals surface area (Å²) in [7, 11) is 0. The van der Waals surface area contributed by atoms with Crippen LogP contribution in [-0.2, 0) is 4.74 Å². The van der Waals surface area contributed by atoms with Gasteiger partial charge < -0.3 is 25.6 Å². The van der Waals surface area contributed by atoms with Crippen LogP contribution in [0, 0.1) is 0 Å². The van der Waals surface area contributed by atoms with Gasteiger partial charge in [0.05, 0.1) is 11.7 Å². The number of carbonyl (C=O) groups excluding carboxylic acids is 1. The highest BCUT2D eigenvalue weighted by Crippen LogP contribution is 2.34. The summed E-state index contributed by atoms with van der Waals surface area (Å²) in [5, 5.41) is 27.3. The molecule has 0 aromatic heterocycles. The molecule has 0 heterocycles. The first kappa shape index (κ1) is 23.2. The number of alkyl carbamates (subject to hydrolysis) is 1. The number of benzene rings is 1. The molecule has 0 aliphatic heterocycles. The van der Waals surface area contributed by atoms with Gasteiger partial charge in [-0.15, -0.1) is 0 Å². The van der Waals surface area contributed by atoms with Gasteiger partial charge in [-0.1, -0.05) is 47.6 Å². The topological polar surface area (TPSA) is 90.8 Å². The Balaban J connectivity index is 1.83. The first-order valence-electron chi connectivity index (χ1n) is 9.94. The highest BCUT2D eigenvalue weighted by Gasteiger charge is 2.37. The van der Waals surface area contributed by atoms with Crippen LogP contribution in [0.1, 0.15) is 64.5 Å². The van der Waals surface area contributed by atoms with E-state index in [2.05, 4.69) is 33.2 Å². The van der Waals surface area contributed by atoms with Crippen LogP contribution >= 0.6 is 22.6 Å². The second kappa shape index (κ2) is 10.1. The van der Waals surface area contributed by atoms with E-state index in [1.54, 1.807) is 0 Å². The third kappa shape index (κ3) is 7.40. The largest absolute Gasteiger partial charge is 0.444 e. The van der Waals surface area contributed by atoms with Crippen molar-refractivity contribution >= 4 is 34.4 Å². The van der Waals surface area contributed by atoms with Crippen molar-refractivity contribution in [2.75, 3.05) is 18.4 Å². The molecular formula is C21H33IN2O4. The van der Waals surface area contributed by atoms with Crippen molar-refractivity contribution < 1.29 is 19.7 Å². The molecule has 3 atom stereocenters. The Morgan fingerprint density at radius 3 is 2.82 bits per heavy atom. The van der Waals surface area contributed by atoms with Gasteiger partial charge in [0.2, 0.25) is 0 Å². The van der Waals surface area contributed by atoms with Crippen LogP contribution in [-0.4, -0.2) is 44.5 Å². The van der Waals surface area contributed by atoms with E-state index in [1.165, 1.54) is 6.42 Å². The Morgan fingerprint density at radius 1 is 1.39 bits per heavy atom. The van der Waals surface area contributed by atoms with Crippen LogP contribution < -0.4 is 10.6 Å². The number of aliphatic hydroxyl groups excluding tert-OH is 1. The number of hydrogen-bond acceptors (Lipinski definition) is 5. The summed E-state index contributed by atoms with van der Waals surface area (Å²) in [6, 6.07) is 7.57. The fraction of sp³-hybridized carbons (Fsp3) is 0.667. The van der Waals surface area contributed by atoms with E-state index in [1.807, 2.05) is 45.0 Å². The number of carbonyl (C=O) groups is 1. The highest BCUT2D eigenvalue weighted by atomic mass is 127. The number of alkyl halides is 1. The first-order chi connectivity index (χ1) is 13.1. The summed E-state index contributed by atoms with van der Waals surface area (Å²) in [4.78, 5) is 11.7. The number of aliphatic hydroxyl groups is 2. The SMILES string of the molecule is CC(C)(C)OC(=O)NCCC(O)c1cccc(NCC2(O)CCCCC2I)c1. The Kier molecular flexibility index (Phi) is 8.39. The maximum Gasteiger partial charge on any atom is 0.407 e. The molecule has 6 nitrogen and oxygen atoms in total. The van der Waals surface area contributed by atoms with Gasteiger partial charge in [-0.25, -0.2) is 4.79 Å². The minimum Gasteiger partial charge on any atom is -0.444 e. The van der Waals surface area contributed by atoms with E-state index in [-0.39, 0.29) is 3.92 Å². The van der Waals surface area contributed by atoms with Gasteiger partial charge >= 0.3 is 6.09 Å². The zero-order valence-corrected chi connectivity index (χ0v) is 19.2. The third-order valence-electron chi connectivity index (χ3n) is 4.86. The zero-order chi connectivity index (χ0) is 20.8. The van der Waals surface area contributed by atoms with Gasteiger partial charge in [0.1, 0.15) is 5.60 Å². The Hall–Kier alpha value is -1.06. The number of rotatable bonds is 7. The molecule has 28 heavy (non-hydrogen) atoms. The maximum atomic E-state index is 11.7. The molecule has 1 amide bonds. The smallest absolute Gasteiger partial charge is 0.407 e. The summed E-state index contributed by atoms with van der Waals surface area (Å²) in [6.45, 7) is 6.25. The average molecular weight is 504 g/mol. The van der Waals surface area contributed by atoms with Gasteiger partial charge in [-0.2, -0.15) is 0 Å². The summed E-state index contributed by atoms with van der Waals surface area (Å²) >= 11 is 2.35. The van der Waals surface area contributed by atoms with Crippen LogP contribution in [0.4, 0.5) is 10.5 Å². The number of hydrogen-bond donors (Lipinski definition) is 4. The van der Waals surface area contributed by atoms with E-state index in [9.17, 15) is 15.0 Å². The first-order valence-corrected chi connectivity index (χ1v) is 11.2. The lowest BCUT2D eigenvalue weighted by Crippen LogP contribution is -2.47. The Morgan fingerprint density at radius 2 is 2.14 bits per heavy atom. The zero-order valence-electron chi connectivity index (χ0n) is 17.0. The molecule has 0 radical (unpaired) electrons. The molecule has 0 spiro atoms. The lowest BCUT2D eigenvalue weighted by Gasteiger charge is -2.37. The van der Waals surface area contributed by atoms with E-state index >= 15 is 0 Å². The predicted molar refractivity (Wildman–Crippen MR) is 120 cm³/mol. The van der Waals surface area contributed by atoms with Gasteiger partial charge in [-0.3, -0.25) is 0 Å². The summed E-state index contributed by atoms with van der Waals surface area (Å²) in [5.74, 6) is 0. The molecule has 1 aliphatic rings. The molecule has 158 valence electrons. The van der Waals surface area contributed by atoms with Crippen molar-refractivity contribution in [3.63, 3.8) is 0 Å². The minimum absolute atomic E-state index is 0.249.